The molecule has 0 aromatic carbocycles. The molecule has 0 aromatic rings. The molecule has 2 heteroatoms. The standard InChI is InChI=1S/C5H10FN/c1-4-2-3-5(6)7-4/h4-5,7H,2-3H2,1H3/t4-,5?/m1/s1. The molecule has 1 saturated heterocycles. The summed E-state index contributed by atoms with van der Waals surface area (Å²) in [5, 5.41) is 2.75. The summed E-state index contributed by atoms with van der Waals surface area (Å²) in [6.07, 6.45) is 0.956. The van der Waals surface area contributed by atoms with E-state index in [1.807, 2.05) is 6.92 Å². The van der Waals surface area contributed by atoms with Crippen LogP contribution in [-0.2, 0) is 0 Å². The minimum absolute atomic E-state index is 0.398. The third-order valence-electron chi connectivity index (χ3n) is 1.32. The van der Waals surface area contributed by atoms with E-state index in [0.29, 0.717) is 12.5 Å². The summed E-state index contributed by atoms with van der Waals surface area (Å²) in [7, 11) is 0. The molecule has 1 heterocycles. The van der Waals surface area contributed by atoms with Gasteiger partial charge in [-0.15, -0.1) is 0 Å². The maximum Gasteiger partial charge on any atom is 0.151 e. The molecular weight excluding hydrogens is 93.1 g/mol. The first-order valence-electron chi connectivity index (χ1n) is 2.69. The fourth-order valence-electron chi connectivity index (χ4n) is 0.872. The van der Waals surface area contributed by atoms with Crippen LogP contribution in [0, 0.1) is 0 Å². The third kappa shape index (κ3) is 1.13. The molecule has 0 aromatic heterocycles. The van der Waals surface area contributed by atoms with E-state index in [1.165, 1.54) is 0 Å². The fourth-order valence-corrected chi connectivity index (χ4v) is 0.872. The van der Waals surface area contributed by atoms with Crippen molar-refractivity contribution in [2.75, 3.05) is 0 Å². The topological polar surface area (TPSA) is 12.0 Å². The van der Waals surface area contributed by atoms with Crippen molar-refractivity contribution in [1.29, 1.82) is 0 Å². The highest BCUT2D eigenvalue weighted by atomic mass is 19.1. The molecule has 0 saturated carbocycles. The summed E-state index contributed by atoms with van der Waals surface area (Å²) in [5.74, 6) is 0. The van der Waals surface area contributed by atoms with Crippen LogP contribution < -0.4 is 5.32 Å². The van der Waals surface area contributed by atoms with Crippen LogP contribution in [0.4, 0.5) is 4.39 Å². The molecular formula is C5H10FN. The van der Waals surface area contributed by atoms with Crippen LogP contribution in [0.3, 0.4) is 0 Å². The lowest BCUT2D eigenvalue weighted by molar-refractivity contribution is 0.301. The van der Waals surface area contributed by atoms with Crippen LogP contribution in [0.1, 0.15) is 19.8 Å². The number of hydrogen-bond acceptors (Lipinski definition) is 1. The lowest BCUT2D eigenvalue weighted by Gasteiger charge is -1.98. The number of hydrogen-bond donors (Lipinski definition) is 1. The van der Waals surface area contributed by atoms with Gasteiger partial charge in [0, 0.05) is 6.04 Å². The van der Waals surface area contributed by atoms with Crippen molar-refractivity contribution >= 4 is 0 Å². The summed E-state index contributed by atoms with van der Waals surface area (Å²) in [6, 6.07) is 0.398. The Kier molecular flexibility index (Phi) is 1.28. The number of nitrogens with one attached hydrogen (secondary N) is 1. The average molecular weight is 103 g/mol. The highest BCUT2D eigenvalue weighted by molar-refractivity contribution is 4.72. The van der Waals surface area contributed by atoms with Gasteiger partial charge >= 0.3 is 0 Å². The van der Waals surface area contributed by atoms with Crippen molar-refractivity contribution in [3.63, 3.8) is 0 Å². The van der Waals surface area contributed by atoms with Gasteiger partial charge < -0.3 is 0 Å². The van der Waals surface area contributed by atoms with E-state index in [1.54, 1.807) is 0 Å². The van der Waals surface area contributed by atoms with Crippen LogP contribution in [0.2, 0.25) is 0 Å². The summed E-state index contributed by atoms with van der Waals surface area (Å²) < 4.78 is 12.1. The van der Waals surface area contributed by atoms with Gasteiger partial charge in [0.05, 0.1) is 0 Å². The predicted octanol–water partition coefficient (Wildman–Crippen LogP) is 1.05. The molecule has 0 amide bonds. The molecule has 0 spiro atoms. The minimum Gasteiger partial charge on any atom is -0.285 e. The zero-order chi connectivity index (χ0) is 5.28. The summed E-state index contributed by atoms with van der Waals surface area (Å²) in [6.45, 7) is 2.00. The van der Waals surface area contributed by atoms with Gasteiger partial charge in [0.15, 0.2) is 6.30 Å². The maximum absolute atomic E-state index is 12.1. The molecule has 1 aliphatic heterocycles. The van der Waals surface area contributed by atoms with Crippen molar-refractivity contribution < 1.29 is 4.39 Å². The van der Waals surface area contributed by atoms with E-state index in [0.717, 1.165) is 6.42 Å². The first-order valence-corrected chi connectivity index (χ1v) is 2.69. The van der Waals surface area contributed by atoms with Gasteiger partial charge in [-0.05, 0) is 19.8 Å². The normalized spacial score (nSPS) is 42.0. The molecule has 1 N–H and O–H groups in total. The molecule has 42 valence electrons. The molecule has 0 bridgehead atoms. The zero-order valence-corrected chi connectivity index (χ0v) is 4.45. The van der Waals surface area contributed by atoms with Gasteiger partial charge in [-0.1, -0.05) is 0 Å². The molecule has 7 heavy (non-hydrogen) atoms. The minimum atomic E-state index is -0.727. The molecule has 0 radical (unpaired) electrons. The van der Waals surface area contributed by atoms with Crippen LogP contribution in [-0.4, -0.2) is 12.3 Å². The molecule has 1 rings (SSSR count). The van der Waals surface area contributed by atoms with Crippen molar-refractivity contribution in [1.82, 2.24) is 5.32 Å². The van der Waals surface area contributed by atoms with Crippen LogP contribution >= 0.6 is 0 Å². The second-order valence-electron chi connectivity index (χ2n) is 2.11. The van der Waals surface area contributed by atoms with Gasteiger partial charge in [-0.2, -0.15) is 0 Å². The van der Waals surface area contributed by atoms with E-state index in [2.05, 4.69) is 5.32 Å². The smallest absolute Gasteiger partial charge is 0.151 e. The SMILES string of the molecule is C[C@@H]1CCC(F)N1. The van der Waals surface area contributed by atoms with Crippen molar-refractivity contribution in [3.05, 3.63) is 0 Å². The van der Waals surface area contributed by atoms with Gasteiger partial charge in [0.25, 0.3) is 0 Å². The lowest BCUT2D eigenvalue weighted by Crippen LogP contribution is -2.22. The first kappa shape index (κ1) is 5.04. The zero-order valence-electron chi connectivity index (χ0n) is 4.45. The molecule has 1 fully saturated rings. The average Bonchev–Trinajstić information content (AvgIpc) is 1.87. The molecule has 1 unspecified atom stereocenters. The molecule has 1 aliphatic rings. The largest absolute Gasteiger partial charge is 0.285 e. The van der Waals surface area contributed by atoms with E-state index in [4.69, 9.17) is 0 Å². The Morgan fingerprint density at radius 1 is 1.57 bits per heavy atom. The summed E-state index contributed by atoms with van der Waals surface area (Å²) in [4.78, 5) is 0. The third-order valence-corrected chi connectivity index (χ3v) is 1.32. The Morgan fingerprint density at radius 3 is 2.43 bits per heavy atom. The van der Waals surface area contributed by atoms with Crippen LogP contribution in [0.15, 0.2) is 0 Å². The fraction of sp³-hybridized carbons (Fsp3) is 1.00. The predicted molar refractivity (Wildman–Crippen MR) is 26.7 cm³/mol. The quantitative estimate of drug-likeness (QED) is 0.452. The second-order valence-corrected chi connectivity index (χ2v) is 2.11. The van der Waals surface area contributed by atoms with Crippen LogP contribution in [0.5, 0.6) is 0 Å². The number of halogens is 1. The highest BCUT2D eigenvalue weighted by Crippen LogP contribution is 2.11. The molecule has 1 nitrogen and oxygen atoms in total. The summed E-state index contributed by atoms with van der Waals surface area (Å²) in [5.41, 5.74) is 0. The molecule has 2 atom stereocenters. The Labute approximate surface area is 42.9 Å². The second kappa shape index (κ2) is 1.78. The van der Waals surface area contributed by atoms with Crippen molar-refractivity contribution in [2.45, 2.75) is 32.1 Å². The number of alkyl halides is 1. The van der Waals surface area contributed by atoms with E-state index >= 15 is 0 Å². The highest BCUT2D eigenvalue weighted by Gasteiger charge is 2.17. The molecule has 0 aliphatic carbocycles. The Morgan fingerprint density at radius 2 is 2.29 bits per heavy atom. The lowest BCUT2D eigenvalue weighted by atomic mass is 10.3. The van der Waals surface area contributed by atoms with Crippen LogP contribution in [0.25, 0.3) is 0 Å². The maximum atomic E-state index is 12.1. The number of rotatable bonds is 0. The van der Waals surface area contributed by atoms with Crippen molar-refractivity contribution in [2.24, 2.45) is 0 Å². The Bertz CT molecular complexity index is 57.1. The van der Waals surface area contributed by atoms with E-state index < -0.39 is 6.30 Å². The Balaban J connectivity index is 2.26. The first-order chi connectivity index (χ1) is 3.29. The summed E-state index contributed by atoms with van der Waals surface area (Å²) >= 11 is 0. The monoisotopic (exact) mass is 103 g/mol. The van der Waals surface area contributed by atoms with E-state index in [9.17, 15) is 4.39 Å². The van der Waals surface area contributed by atoms with Gasteiger partial charge in [0.1, 0.15) is 0 Å². The van der Waals surface area contributed by atoms with E-state index in [-0.39, 0.29) is 0 Å². The van der Waals surface area contributed by atoms with Gasteiger partial charge in [-0.25, -0.2) is 4.39 Å². The van der Waals surface area contributed by atoms with Gasteiger partial charge in [0.2, 0.25) is 0 Å². The van der Waals surface area contributed by atoms with Gasteiger partial charge in [-0.3, -0.25) is 5.32 Å². The Hall–Kier alpha value is -0.110. The van der Waals surface area contributed by atoms with Crippen molar-refractivity contribution in [3.8, 4) is 0 Å².